The zero-order valence-electron chi connectivity index (χ0n) is 31.7. The third-order valence-electron chi connectivity index (χ3n) is 7.15. The molecule has 2 aromatic rings. The van der Waals surface area contributed by atoms with Crippen LogP contribution in [0.5, 0.6) is 0 Å². The first-order valence-electron chi connectivity index (χ1n) is 16.9. The third-order valence-corrected chi connectivity index (χ3v) is 8.82. The van der Waals surface area contributed by atoms with Gasteiger partial charge in [-0.25, -0.2) is 36.0 Å². The van der Waals surface area contributed by atoms with Gasteiger partial charge < -0.3 is 28.1 Å². The Balaban J connectivity index is 0.00000100. The first-order valence-corrected chi connectivity index (χ1v) is 19.7. The molecular formula is C36H50BaO14S2. The van der Waals surface area contributed by atoms with Crippen LogP contribution >= 0.6 is 0 Å². The molecule has 0 bridgehead atoms. The van der Waals surface area contributed by atoms with Crippen LogP contribution in [0, 0.1) is 23.7 Å². The monoisotopic (exact) mass is 908 g/mol. The Morgan fingerprint density at radius 3 is 0.906 bits per heavy atom. The summed E-state index contributed by atoms with van der Waals surface area (Å²) >= 11 is 0. The van der Waals surface area contributed by atoms with Crippen LogP contribution < -0.4 is 0 Å². The number of carbonyl (C=O) groups excluding carboxylic acids is 4. The van der Waals surface area contributed by atoms with Gasteiger partial charge >= 0.3 is 72.8 Å². The van der Waals surface area contributed by atoms with Crippen molar-refractivity contribution in [3.8, 4) is 0 Å². The van der Waals surface area contributed by atoms with Crippen LogP contribution in [-0.2, 0) is 39.2 Å². The first-order chi connectivity index (χ1) is 24.0. The van der Waals surface area contributed by atoms with E-state index in [-0.39, 0.29) is 97.6 Å². The van der Waals surface area contributed by atoms with E-state index < -0.39 is 53.9 Å². The molecule has 0 saturated carbocycles. The second kappa shape index (κ2) is 24.3. The number of benzene rings is 2. The molecule has 0 amide bonds. The predicted molar refractivity (Wildman–Crippen MR) is 194 cm³/mol. The fourth-order valence-corrected chi connectivity index (χ4v) is 4.91. The quantitative estimate of drug-likeness (QED) is 0.0768. The minimum Gasteiger partial charge on any atom is -0.744 e. The zero-order valence-corrected chi connectivity index (χ0v) is 37.7. The maximum atomic E-state index is 12.3. The molecule has 0 radical (unpaired) electrons. The number of ether oxygens (including phenoxy) is 4. The molecule has 0 aliphatic heterocycles. The van der Waals surface area contributed by atoms with E-state index in [1.54, 1.807) is 0 Å². The van der Waals surface area contributed by atoms with Crippen LogP contribution in [0.2, 0.25) is 0 Å². The van der Waals surface area contributed by atoms with E-state index in [4.69, 9.17) is 18.9 Å². The van der Waals surface area contributed by atoms with Gasteiger partial charge in [0.15, 0.2) is 0 Å². The summed E-state index contributed by atoms with van der Waals surface area (Å²) in [5.41, 5.74) is -0.841. The third kappa shape index (κ3) is 19.7. The van der Waals surface area contributed by atoms with E-state index in [2.05, 4.69) is 0 Å². The Bertz CT molecular complexity index is 1610. The average Bonchev–Trinajstić information content (AvgIpc) is 3.02. The fraction of sp³-hybridized carbons (Fsp3) is 0.556. The summed E-state index contributed by atoms with van der Waals surface area (Å²) in [5, 5.41) is 0. The predicted octanol–water partition coefficient (Wildman–Crippen LogP) is 5.61. The number of carbonyl (C=O) groups is 4. The van der Waals surface area contributed by atoms with Crippen molar-refractivity contribution in [3.63, 3.8) is 0 Å². The van der Waals surface area contributed by atoms with Crippen LogP contribution in [0.1, 0.15) is 123 Å². The zero-order chi connectivity index (χ0) is 39.8. The topological polar surface area (TPSA) is 220 Å². The number of esters is 4. The minimum atomic E-state index is -4.77. The Hall–Kier alpha value is -2.29. The van der Waals surface area contributed by atoms with Crippen molar-refractivity contribution in [2.45, 2.75) is 90.9 Å². The van der Waals surface area contributed by atoms with Crippen LogP contribution in [0.15, 0.2) is 46.2 Å². The Kier molecular flexibility index (Phi) is 23.2. The van der Waals surface area contributed by atoms with Crippen LogP contribution in [0.3, 0.4) is 0 Å². The Labute approximate surface area is 353 Å². The van der Waals surface area contributed by atoms with Gasteiger partial charge in [0.25, 0.3) is 0 Å². The van der Waals surface area contributed by atoms with Crippen LogP contribution in [0.25, 0.3) is 0 Å². The normalized spacial score (nSPS) is 11.4. The summed E-state index contributed by atoms with van der Waals surface area (Å²) in [7, 11) is -9.55. The van der Waals surface area contributed by atoms with Gasteiger partial charge in [-0.3, -0.25) is 0 Å². The molecule has 0 aliphatic rings. The van der Waals surface area contributed by atoms with Gasteiger partial charge in [0.2, 0.25) is 0 Å². The van der Waals surface area contributed by atoms with Crippen molar-refractivity contribution in [1.82, 2.24) is 0 Å². The standard InChI is InChI=1S/2C18H26O7S.Ba/c2*1-12(2)7-9-24-17(19)15-6-5-14(26(21,22)23)11-16(15)18(20)25-10-8-13(3)4;/h2*5-6,11-13H,7-10H2,1-4H3,(H,21,22,23);/q;;+2/p-2. The van der Waals surface area contributed by atoms with Crippen molar-refractivity contribution >= 4 is 93.0 Å². The Morgan fingerprint density at radius 2 is 0.698 bits per heavy atom. The average molecular weight is 908 g/mol. The van der Waals surface area contributed by atoms with Crippen molar-refractivity contribution in [2.75, 3.05) is 26.4 Å². The van der Waals surface area contributed by atoms with E-state index in [1.807, 2.05) is 55.4 Å². The number of hydrogen-bond donors (Lipinski definition) is 0. The van der Waals surface area contributed by atoms with E-state index in [1.165, 1.54) is 0 Å². The van der Waals surface area contributed by atoms with Gasteiger partial charge in [0.05, 0.1) is 58.5 Å². The van der Waals surface area contributed by atoms with E-state index in [9.17, 15) is 45.1 Å². The van der Waals surface area contributed by atoms with E-state index in [0.29, 0.717) is 49.4 Å². The van der Waals surface area contributed by atoms with Crippen molar-refractivity contribution < 1.29 is 64.1 Å². The number of rotatable bonds is 18. The summed E-state index contributed by atoms with van der Waals surface area (Å²) in [4.78, 5) is 47.8. The molecule has 0 saturated heterocycles. The number of hydrogen-bond acceptors (Lipinski definition) is 14. The van der Waals surface area contributed by atoms with Gasteiger partial charge in [0, 0.05) is 0 Å². The van der Waals surface area contributed by atoms with E-state index >= 15 is 0 Å². The molecule has 53 heavy (non-hydrogen) atoms. The molecule has 0 aliphatic carbocycles. The van der Waals surface area contributed by atoms with Gasteiger partial charge in [-0.1, -0.05) is 55.4 Å². The molecule has 0 spiro atoms. The van der Waals surface area contributed by atoms with Gasteiger partial charge in [-0.15, -0.1) is 0 Å². The molecular weight excluding hydrogens is 858 g/mol. The van der Waals surface area contributed by atoms with Crippen molar-refractivity contribution in [3.05, 3.63) is 58.7 Å². The largest absolute Gasteiger partial charge is 2.00 e. The van der Waals surface area contributed by atoms with Crippen molar-refractivity contribution in [2.24, 2.45) is 23.7 Å². The maximum Gasteiger partial charge on any atom is 2.00 e. The molecule has 14 nitrogen and oxygen atoms in total. The molecule has 292 valence electrons. The summed E-state index contributed by atoms with van der Waals surface area (Å²) in [6.07, 6.45) is 2.51. The fourth-order valence-electron chi connectivity index (χ4n) is 3.91. The maximum absolute atomic E-state index is 12.3. The SMILES string of the molecule is CC(C)CCOC(=O)c1ccc(S(=O)(=O)[O-])cc1C(=O)OCCC(C)C.CC(C)CCOC(=O)c1ccc(S(=O)(=O)[O-])cc1C(=O)OCCC(C)C.[Ba+2]. The Morgan fingerprint density at radius 1 is 0.472 bits per heavy atom. The van der Waals surface area contributed by atoms with Gasteiger partial charge in [-0.2, -0.15) is 0 Å². The molecule has 0 aromatic heterocycles. The van der Waals surface area contributed by atoms with E-state index in [0.717, 1.165) is 36.4 Å². The summed E-state index contributed by atoms with van der Waals surface area (Å²) in [6.45, 7) is 16.3. The van der Waals surface area contributed by atoms with Crippen LogP contribution in [0.4, 0.5) is 0 Å². The molecule has 17 heteroatoms. The molecule has 2 rings (SSSR count). The van der Waals surface area contributed by atoms with Crippen LogP contribution in [-0.4, -0.2) is 125 Å². The van der Waals surface area contributed by atoms with Crippen molar-refractivity contribution in [1.29, 1.82) is 0 Å². The second-order valence-electron chi connectivity index (χ2n) is 13.6. The minimum absolute atomic E-state index is 0. The smallest absolute Gasteiger partial charge is 0.744 e. The molecule has 0 unspecified atom stereocenters. The molecule has 0 N–H and O–H groups in total. The van der Waals surface area contributed by atoms with Gasteiger partial charge in [0.1, 0.15) is 20.2 Å². The summed E-state index contributed by atoms with van der Waals surface area (Å²) < 4.78 is 87.7. The molecule has 0 fully saturated rings. The molecule has 0 heterocycles. The van der Waals surface area contributed by atoms with Gasteiger partial charge in [-0.05, 0) is 85.8 Å². The molecule has 0 atom stereocenters. The first kappa shape index (κ1) is 50.7. The second-order valence-corrected chi connectivity index (χ2v) is 16.4. The summed E-state index contributed by atoms with van der Waals surface area (Å²) in [6, 6.07) is 5.87. The summed E-state index contributed by atoms with van der Waals surface area (Å²) in [5.74, 6) is -2.01. The molecule has 2 aromatic carbocycles.